The summed E-state index contributed by atoms with van der Waals surface area (Å²) in [5.41, 5.74) is 9.42. The molecule has 132 valence electrons. The van der Waals surface area contributed by atoms with Crippen LogP contribution in [0.2, 0.25) is 0 Å². The van der Waals surface area contributed by atoms with Gasteiger partial charge in [0.1, 0.15) is 0 Å². The summed E-state index contributed by atoms with van der Waals surface area (Å²) in [7, 11) is 0. The van der Waals surface area contributed by atoms with E-state index in [0.717, 1.165) is 25.5 Å². The van der Waals surface area contributed by atoms with Gasteiger partial charge in [-0.25, -0.2) is 4.98 Å². The predicted molar refractivity (Wildman–Crippen MR) is 110 cm³/mol. The van der Waals surface area contributed by atoms with E-state index in [1.165, 1.54) is 28.7 Å². The monoisotopic (exact) mass is 447 g/mol. The maximum atomic E-state index is 12.0. The number of amides is 2. The Morgan fingerprint density at radius 1 is 1.27 bits per heavy atom. The molecule has 2 heterocycles. The summed E-state index contributed by atoms with van der Waals surface area (Å²) in [6.45, 7) is 0. The second-order valence-corrected chi connectivity index (χ2v) is 8.06. The molecule has 3 aromatic rings. The predicted octanol–water partition coefficient (Wildman–Crippen LogP) is 4.31. The van der Waals surface area contributed by atoms with Crippen LogP contribution in [-0.2, 0) is 16.0 Å². The number of rotatable bonds is 6. The van der Waals surface area contributed by atoms with Crippen LogP contribution in [0.4, 0.5) is 5.69 Å². The summed E-state index contributed by atoms with van der Waals surface area (Å²) < 4.78 is 0.918. The second kappa shape index (κ2) is 8.39. The number of aromatic nitrogens is 1. The highest BCUT2D eigenvalue weighted by atomic mass is 79.9. The van der Waals surface area contributed by atoms with Crippen LogP contribution in [0.15, 0.2) is 51.8 Å². The average Bonchev–Trinajstić information content (AvgIpc) is 3.23. The molecule has 2 aromatic heterocycles. The van der Waals surface area contributed by atoms with Gasteiger partial charge in [0.15, 0.2) is 0 Å². The van der Waals surface area contributed by atoms with Crippen molar-refractivity contribution in [2.24, 2.45) is 5.73 Å². The Hall–Kier alpha value is -2.29. The van der Waals surface area contributed by atoms with E-state index in [1.54, 1.807) is 11.6 Å². The molecule has 0 spiro atoms. The van der Waals surface area contributed by atoms with Crippen molar-refractivity contribution in [1.29, 1.82) is 0 Å². The van der Waals surface area contributed by atoms with Crippen LogP contribution < -0.4 is 11.1 Å². The van der Waals surface area contributed by atoms with Gasteiger partial charge in [0.25, 0.3) is 0 Å². The van der Waals surface area contributed by atoms with Gasteiger partial charge in [0, 0.05) is 31.4 Å². The van der Waals surface area contributed by atoms with Crippen molar-refractivity contribution in [1.82, 2.24) is 4.98 Å². The SMILES string of the molecule is NC(=O)Cc1cc(Br)c(-c2ccc(NC(=O)/C=C/c3cscn3)cc2)s1. The first-order chi connectivity index (χ1) is 12.5. The minimum Gasteiger partial charge on any atom is -0.369 e. The quantitative estimate of drug-likeness (QED) is 0.551. The van der Waals surface area contributed by atoms with Gasteiger partial charge < -0.3 is 11.1 Å². The molecule has 0 aliphatic heterocycles. The van der Waals surface area contributed by atoms with Gasteiger partial charge in [0.05, 0.1) is 17.6 Å². The van der Waals surface area contributed by atoms with Crippen molar-refractivity contribution in [2.75, 3.05) is 5.32 Å². The summed E-state index contributed by atoms with van der Waals surface area (Å²) in [6.07, 6.45) is 3.35. The molecule has 3 rings (SSSR count). The van der Waals surface area contributed by atoms with E-state index >= 15 is 0 Å². The number of carbonyl (C=O) groups is 2. The van der Waals surface area contributed by atoms with Crippen molar-refractivity contribution in [3.05, 3.63) is 62.3 Å². The molecule has 0 saturated heterocycles. The van der Waals surface area contributed by atoms with E-state index in [2.05, 4.69) is 26.2 Å². The third-order valence-corrected chi connectivity index (χ3v) is 6.03. The van der Waals surface area contributed by atoms with Gasteiger partial charge in [-0.1, -0.05) is 12.1 Å². The Balaban J connectivity index is 1.67. The zero-order valence-corrected chi connectivity index (χ0v) is 16.7. The van der Waals surface area contributed by atoms with Crippen LogP contribution in [-0.4, -0.2) is 16.8 Å². The van der Waals surface area contributed by atoms with Crippen LogP contribution in [0.5, 0.6) is 0 Å². The summed E-state index contributed by atoms with van der Waals surface area (Å²) in [5.74, 6) is -0.569. The van der Waals surface area contributed by atoms with Gasteiger partial charge in [-0.15, -0.1) is 22.7 Å². The number of hydrogen-bond acceptors (Lipinski definition) is 5. The molecule has 0 fully saturated rings. The van der Waals surface area contributed by atoms with Crippen LogP contribution in [0.1, 0.15) is 10.6 Å². The summed E-state index contributed by atoms with van der Waals surface area (Å²) in [5, 5.41) is 4.67. The Morgan fingerprint density at radius 3 is 2.69 bits per heavy atom. The highest BCUT2D eigenvalue weighted by Crippen LogP contribution is 2.37. The van der Waals surface area contributed by atoms with Crippen molar-refractivity contribution >= 4 is 62.2 Å². The van der Waals surface area contributed by atoms with E-state index in [-0.39, 0.29) is 18.2 Å². The fourth-order valence-corrected chi connectivity index (χ4v) is 4.71. The van der Waals surface area contributed by atoms with Crippen LogP contribution in [0.25, 0.3) is 16.5 Å². The summed E-state index contributed by atoms with van der Waals surface area (Å²) >= 11 is 6.51. The third-order valence-electron chi connectivity index (χ3n) is 3.36. The third kappa shape index (κ3) is 4.87. The van der Waals surface area contributed by atoms with E-state index in [9.17, 15) is 9.59 Å². The first-order valence-corrected chi connectivity index (χ1v) is 10.1. The standard InChI is InChI=1S/C18H14BrN3O2S2/c19-15-7-14(8-16(20)23)26-18(15)11-1-3-12(4-2-11)22-17(24)6-5-13-9-25-10-21-13/h1-7,9-10H,8H2,(H2,20,23)(H,22,24)/b6-5+. The molecular weight excluding hydrogens is 434 g/mol. The number of nitrogens with one attached hydrogen (secondary N) is 1. The normalized spacial score (nSPS) is 11.0. The molecule has 8 heteroatoms. The fraction of sp³-hybridized carbons (Fsp3) is 0.0556. The zero-order valence-electron chi connectivity index (χ0n) is 13.4. The van der Waals surface area contributed by atoms with Crippen LogP contribution in [0, 0.1) is 0 Å². The number of nitrogens with zero attached hydrogens (tertiary/aromatic N) is 1. The summed E-state index contributed by atoms with van der Waals surface area (Å²) in [4.78, 5) is 29.0. The molecule has 5 nitrogen and oxygen atoms in total. The molecule has 26 heavy (non-hydrogen) atoms. The topological polar surface area (TPSA) is 85.1 Å². The van der Waals surface area contributed by atoms with Crippen LogP contribution in [0.3, 0.4) is 0 Å². The van der Waals surface area contributed by atoms with E-state index in [4.69, 9.17) is 5.73 Å². The molecule has 3 N–H and O–H groups in total. The first-order valence-electron chi connectivity index (χ1n) is 7.55. The van der Waals surface area contributed by atoms with E-state index in [0.29, 0.717) is 5.69 Å². The lowest BCUT2D eigenvalue weighted by atomic mass is 10.1. The molecule has 0 saturated carbocycles. The number of hydrogen-bond donors (Lipinski definition) is 2. The number of primary amides is 1. The van der Waals surface area contributed by atoms with Gasteiger partial charge in [0.2, 0.25) is 11.8 Å². The largest absolute Gasteiger partial charge is 0.369 e. The Morgan fingerprint density at radius 2 is 2.04 bits per heavy atom. The fourth-order valence-electron chi connectivity index (χ4n) is 2.23. The van der Waals surface area contributed by atoms with Gasteiger partial charge in [-0.05, 0) is 45.8 Å². The lowest BCUT2D eigenvalue weighted by Crippen LogP contribution is -2.12. The molecular formula is C18H14BrN3O2S2. The van der Waals surface area contributed by atoms with Gasteiger partial charge >= 0.3 is 0 Å². The maximum Gasteiger partial charge on any atom is 0.248 e. The Bertz CT molecular complexity index is 947. The maximum absolute atomic E-state index is 12.0. The minimum absolute atomic E-state index is 0.216. The molecule has 0 aliphatic rings. The Labute approximate surface area is 166 Å². The number of carbonyl (C=O) groups excluding carboxylic acids is 2. The smallest absolute Gasteiger partial charge is 0.248 e. The highest BCUT2D eigenvalue weighted by molar-refractivity contribution is 9.10. The first kappa shape index (κ1) is 18.5. The summed E-state index contributed by atoms with van der Waals surface area (Å²) in [6, 6.07) is 9.42. The average molecular weight is 448 g/mol. The minimum atomic E-state index is -0.353. The number of thiophene rings is 1. The van der Waals surface area contributed by atoms with E-state index in [1.807, 2.05) is 35.7 Å². The molecule has 0 aliphatic carbocycles. The molecule has 2 amide bonds. The zero-order chi connectivity index (χ0) is 18.5. The lowest BCUT2D eigenvalue weighted by Gasteiger charge is -2.04. The molecule has 0 unspecified atom stereocenters. The lowest BCUT2D eigenvalue weighted by molar-refractivity contribution is -0.117. The van der Waals surface area contributed by atoms with Gasteiger partial charge in [-0.2, -0.15) is 0 Å². The van der Waals surface area contributed by atoms with Crippen molar-refractivity contribution in [3.8, 4) is 10.4 Å². The van der Waals surface area contributed by atoms with E-state index < -0.39 is 0 Å². The number of nitrogens with two attached hydrogens (primary N) is 1. The van der Waals surface area contributed by atoms with Crippen LogP contribution >= 0.6 is 38.6 Å². The number of halogens is 1. The number of benzene rings is 1. The number of thiazole rings is 1. The molecule has 1 aromatic carbocycles. The molecule has 0 bridgehead atoms. The molecule has 0 radical (unpaired) electrons. The molecule has 0 atom stereocenters. The highest BCUT2D eigenvalue weighted by Gasteiger charge is 2.11. The number of anilines is 1. The van der Waals surface area contributed by atoms with Gasteiger partial charge in [-0.3, -0.25) is 9.59 Å². The van der Waals surface area contributed by atoms with Crippen molar-refractivity contribution < 1.29 is 9.59 Å². The van der Waals surface area contributed by atoms with Crippen molar-refractivity contribution in [3.63, 3.8) is 0 Å². The second-order valence-electron chi connectivity index (χ2n) is 5.35. The Kier molecular flexibility index (Phi) is 5.97. The van der Waals surface area contributed by atoms with Crippen molar-refractivity contribution in [2.45, 2.75) is 6.42 Å².